The topological polar surface area (TPSA) is 52.6 Å². The lowest BCUT2D eigenvalue weighted by Crippen LogP contribution is -2.58. The number of hydrogen-bond donors (Lipinski definition) is 0. The van der Waals surface area contributed by atoms with E-state index in [1.807, 2.05) is 20.8 Å². The van der Waals surface area contributed by atoms with E-state index in [4.69, 9.17) is 9.68 Å². The molecular formula is C17H32NO4+. The van der Waals surface area contributed by atoms with Crippen LogP contribution in [0.25, 0.3) is 0 Å². The van der Waals surface area contributed by atoms with Gasteiger partial charge in [-0.25, -0.2) is 19.3 Å². The Morgan fingerprint density at radius 3 is 1.77 bits per heavy atom. The maximum Gasteiger partial charge on any atom is 0.372 e. The summed E-state index contributed by atoms with van der Waals surface area (Å²) in [5.41, 5.74) is 0. The second-order valence-electron chi connectivity index (χ2n) is 6.17. The highest BCUT2D eigenvalue weighted by atomic mass is 17.0. The summed E-state index contributed by atoms with van der Waals surface area (Å²) in [6, 6.07) is 0.0790. The molecule has 0 saturated heterocycles. The highest BCUT2D eigenvalue weighted by Gasteiger charge is 2.46. The van der Waals surface area contributed by atoms with Crippen LogP contribution in [0.4, 0.5) is 0 Å². The van der Waals surface area contributed by atoms with Crippen LogP contribution in [0.3, 0.4) is 0 Å². The first-order chi connectivity index (χ1) is 10.6. The molecule has 0 amide bonds. The third kappa shape index (κ3) is 5.59. The van der Waals surface area contributed by atoms with Gasteiger partial charge in [-0.15, -0.1) is 0 Å². The third-order valence-electron chi connectivity index (χ3n) is 4.09. The average molecular weight is 314 g/mol. The minimum absolute atomic E-state index is 0.0790. The van der Waals surface area contributed by atoms with Gasteiger partial charge in [-0.1, -0.05) is 27.2 Å². The smallest absolute Gasteiger partial charge is 0.245 e. The van der Waals surface area contributed by atoms with Gasteiger partial charge < -0.3 is 0 Å². The molecule has 0 aromatic carbocycles. The molecule has 128 valence electrons. The van der Waals surface area contributed by atoms with Crippen molar-refractivity contribution in [2.75, 3.05) is 6.54 Å². The van der Waals surface area contributed by atoms with E-state index in [1.165, 1.54) is 6.42 Å². The predicted octanol–water partition coefficient (Wildman–Crippen LogP) is 4.06. The predicted molar refractivity (Wildman–Crippen MR) is 84.3 cm³/mol. The van der Waals surface area contributed by atoms with E-state index in [2.05, 4.69) is 0 Å². The van der Waals surface area contributed by atoms with E-state index in [9.17, 15) is 9.59 Å². The zero-order chi connectivity index (χ0) is 16.4. The summed E-state index contributed by atoms with van der Waals surface area (Å²) in [6.45, 7) is 6.45. The zero-order valence-electron chi connectivity index (χ0n) is 14.4. The Kier molecular flexibility index (Phi) is 8.46. The summed E-state index contributed by atoms with van der Waals surface area (Å²) in [4.78, 5) is 35.4. The Labute approximate surface area is 134 Å². The van der Waals surface area contributed by atoms with Gasteiger partial charge in [-0.2, -0.15) is 0 Å². The summed E-state index contributed by atoms with van der Waals surface area (Å²) in [5.74, 6) is -0.545. The second kappa shape index (κ2) is 9.82. The molecule has 0 N–H and O–H groups in total. The zero-order valence-corrected chi connectivity index (χ0v) is 14.4. The maximum absolute atomic E-state index is 12.1. The average Bonchev–Trinajstić information content (AvgIpc) is 2.48. The molecule has 0 bridgehead atoms. The van der Waals surface area contributed by atoms with Gasteiger partial charge in [-0.05, 0) is 25.7 Å². The van der Waals surface area contributed by atoms with Crippen LogP contribution in [0.15, 0.2) is 0 Å². The Bertz CT molecular complexity index is 331. The molecule has 0 unspecified atom stereocenters. The Morgan fingerprint density at radius 2 is 1.36 bits per heavy atom. The molecule has 5 nitrogen and oxygen atoms in total. The highest BCUT2D eigenvalue weighted by molar-refractivity contribution is 5.69. The fraction of sp³-hybridized carbons (Fsp3) is 0.882. The van der Waals surface area contributed by atoms with Crippen LogP contribution in [0.5, 0.6) is 0 Å². The number of hydroxylamine groups is 4. The second-order valence-corrected chi connectivity index (χ2v) is 6.17. The van der Waals surface area contributed by atoms with Crippen molar-refractivity contribution < 1.29 is 24.1 Å². The van der Waals surface area contributed by atoms with Gasteiger partial charge in [0, 0.05) is 24.1 Å². The van der Waals surface area contributed by atoms with Crippen molar-refractivity contribution in [1.82, 2.24) is 0 Å². The largest absolute Gasteiger partial charge is 0.372 e. The first-order valence-electron chi connectivity index (χ1n) is 8.90. The lowest BCUT2D eigenvalue weighted by Gasteiger charge is -2.38. The first kappa shape index (κ1) is 18.9. The molecule has 1 rings (SSSR count). The van der Waals surface area contributed by atoms with Crippen molar-refractivity contribution >= 4 is 11.9 Å². The summed E-state index contributed by atoms with van der Waals surface area (Å²) < 4.78 is 0. The van der Waals surface area contributed by atoms with Gasteiger partial charge in [0.05, 0.1) is 12.8 Å². The summed E-state index contributed by atoms with van der Waals surface area (Å²) in [7, 11) is 0. The van der Waals surface area contributed by atoms with Gasteiger partial charge in [-0.3, -0.25) is 0 Å². The fourth-order valence-electron chi connectivity index (χ4n) is 3.07. The SMILES string of the molecule is CCCC(=O)O[N+](CCC)(OC(=O)CCC)C1CCCCC1. The summed E-state index contributed by atoms with van der Waals surface area (Å²) in [6.07, 6.45) is 8.29. The standard InChI is InChI=1S/C17H32NO4/c1-4-10-16(19)21-18(14-6-3,22-17(20)11-5-2)15-12-8-7-9-13-15/h15H,4-14H2,1-3H3/q+1. The Balaban J connectivity index is 2.94. The minimum atomic E-state index is -0.272. The van der Waals surface area contributed by atoms with Gasteiger partial charge >= 0.3 is 11.9 Å². The lowest BCUT2D eigenvalue weighted by molar-refractivity contribution is -1.24. The van der Waals surface area contributed by atoms with Crippen LogP contribution in [0.2, 0.25) is 0 Å². The monoisotopic (exact) mass is 314 g/mol. The molecule has 0 spiro atoms. The quantitative estimate of drug-likeness (QED) is 0.475. The van der Waals surface area contributed by atoms with E-state index in [-0.39, 0.29) is 22.8 Å². The van der Waals surface area contributed by atoms with Crippen molar-refractivity contribution in [1.29, 1.82) is 0 Å². The first-order valence-corrected chi connectivity index (χ1v) is 8.90. The van der Waals surface area contributed by atoms with E-state index in [0.717, 1.165) is 44.9 Å². The van der Waals surface area contributed by atoms with Crippen molar-refractivity contribution in [3.05, 3.63) is 0 Å². The third-order valence-corrected chi connectivity index (χ3v) is 4.09. The number of quaternary nitrogens is 1. The molecule has 1 saturated carbocycles. The van der Waals surface area contributed by atoms with E-state index >= 15 is 0 Å². The maximum atomic E-state index is 12.1. The van der Waals surface area contributed by atoms with E-state index in [0.29, 0.717) is 19.4 Å². The number of hydrogen-bond acceptors (Lipinski definition) is 4. The number of carbonyl (C=O) groups excluding carboxylic acids is 2. The molecule has 0 aromatic rings. The highest BCUT2D eigenvalue weighted by Crippen LogP contribution is 2.31. The van der Waals surface area contributed by atoms with Crippen molar-refractivity contribution in [3.8, 4) is 0 Å². The Morgan fingerprint density at radius 1 is 0.864 bits per heavy atom. The molecule has 0 atom stereocenters. The van der Waals surface area contributed by atoms with Gasteiger partial charge in [0.2, 0.25) is 0 Å². The molecule has 0 heterocycles. The number of nitrogens with zero attached hydrogens (tertiary/aromatic N) is 1. The van der Waals surface area contributed by atoms with Crippen LogP contribution in [-0.4, -0.2) is 29.3 Å². The van der Waals surface area contributed by atoms with Crippen LogP contribution in [0.1, 0.15) is 85.0 Å². The van der Waals surface area contributed by atoms with Crippen molar-refractivity contribution in [2.45, 2.75) is 91.0 Å². The molecule has 1 aliphatic rings. The fourth-order valence-corrected chi connectivity index (χ4v) is 3.07. The molecule has 0 radical (unpaired) electrons. The van der Waals surface area contributed by atoms with Gasteiger partial charge in [0.1, 0.15) is 0 Å². The molecule has 1 fully saturated rings. The van der Waals surface area contributed by atoms with Crippen molar-refractivity contribution in [3.63, 3.8) is 0 Å². The molecule has 5 heteroatoms. The number of rotatable bonds is 9. The molecular weight excluding hydrogens is 282 g/mol. The molecule has 22 heavy (non-hydrogen) atoms. The van der Waals surface area contributed by atoms with Gasteiger partial charge in [0.25, 0.3) is 0 Å². The lowest BCUT2D eigenvalue weighted by atomic mass is 9.95. The van der Waals surface area contributed by atoms with Crippen LogP contribution >= 0.6 is 0 Å². The van der Waals surface area contributed by atoms with Gasteiger partial charge in [0.15, 0.2) is 12.6 Å². The summed E-state index contributed by atoms with van der Waals surface area (Å²) in [5, 5.41) is 0. The molecule has 0 aromatic heterocycles. The van der Waals surface area contributed by atoms with Crippen LogP contribution < -0.4 is 0 Å². The van der Waals surface area contributed by atoms with E-state index < -0.39 is 0 Å². The molecule has 0 aliphatic heterocycles. The summed E-state index contributed by atoms with van der Waals surface area (Å²) >= 11 is 0. The normalized spacial score (nSPS) is 16.3. The Hall–Kier alpha value is -1.10. The van der Waals surface area contributed by atoms with E-state index in [1.54, 1.807) is 0 Å². The minimum Gasteiger partial charge on any atom is -0.245 e. The van der Waals surface area contributed by atoms with Crippen LogP contribution in [-0.2, 0) is 19.3 Å². The number of carbonyl (C=O) groups is 2. The van der Waals surface area contributed by atoms with Crippen LogP contribution in [0, 0.1) is 0 Å². The molecule has 1 aliphatic carbocycles. The van der Waals surface area contributed by atoms with Crippen molar-refractivity contribution in [2.24, 2.45) is 0 Å².